The average Bonchev–Trinajstić information content (AvgIpc) is 2.84. The van der Waals surface area contributed by atoms with Gasteiger partial charge in [0.15, 0.2) is 5.78 Å². The van der Waals surface area contributed by atoms with Crippen LogP contribution in [0.15, 0.2) is 34.6 Å². The van der Waals surface area contributed by atoms with E-state index in [1.165, 1.54) is 19.6 Å². The minimum Gasteiger partial charge on any atom is -0.497 e. The Labute approximate surface area is 162 Å². The number of rotatable bonds is 8. The highest BCUT2D eigenvalue weighted by atomic mass is 16.5. The number of carbonyl (C=O) groups excluding carboxylic acids is 2. The molecular weight excluding hydrogens is 344 g/mol. The Bertz CT molecular complexity index is 681. The second-order valence-corrected chi connectivity index (χ2v) is 7.80. The van der Waals surface area contributed by atoms with Crippen LogP contribution >= 0.6 is 0 Å². The predicted molar refractivity (Wildman–Crippen MR) is 104 cm³/mol. The van der Waals surface area contributed by atoms with Gasteiger partial charge in [-0.3, -0.25) is 4.79 Å². The lowest BCUT2D eigenvalue weighted by molar-refractivity contribution is -0.135. The molecule has 0 saturated heterocycles. The maximum atomic E-state index is 12.8. The van der Waals surface area contributed by atoms with Crippen molar-refractivity contribution >= 4 is 11.8 Å². The molecule has 0 spiro atoms. The maximum absolute atomic E-state index is 12.8. The number of esters is 1. The summed E-state index contributed by atoms with van der Waals surface area (Å²) in [6.07, 6.45) is 8.46. The number of fused-ring (bicyclic) bond motifs is 1. The fourth-order valence-corrected chi connectivity index (χ4v) is 3.83. The lowest BCUT2D eigenvalue weighted by Crippen LogP contribution is -2.37. The first-order valence-electron chi connectivity index (χ1n) is 9.86. The largest absolute Gasteiger partial charge is 0.497 e. The molecule has 0 amide bonds. The second kappa shape index (κ2) is 8.87. The van der Waals surface area contributed by atoms with Crippen molar-refractivity contribution in [2.45, 2.75) is 65.4 Å². The summed E-state index contributed by atoms with van der Waals surface area (Å²) in [6, 6.07) is 0. The van der Waals surface area contributed by atoms with Gasteiger partial charge in [0.2, 0.25) is 0 Å². The van der Waals surface area contributed by atoms with Crippen LogP contribution in [0.5, 0.6) is 0 Å². The van der Waals surface area contributed by atoms with Crippen LogP contribution in [-0.2, 0) is 19.1 Å². The van der Waals surface area contributed by atoms with Crippen molar-refractivity contribution in [3.63, 3.8) is 0 Å². The van der Waals surface area contributed by atoms with E-state index in [1.54, 1.807) is 19.9 Å². The van der Waals surface area contributed by atoms with Crippen molar-refractivity contribution in [1.29, 1.82) is 0 Å². The minimum absolute atomic E-state index is 0.0657. The van der Waals surface area contributed by atoms with Crippen LogP contribution in [0.3, 0.4) is 0 Å². The molecule has 1 aliphatic heterocycles. The second-order valence-electron chi connectivity index (χ2n) is 7.80. The van der Waals surface area contributed by atoms with Crippen LogP contribution < -0.4 is 0 Å². The summed E-state index contributed by atoms with van der Waals surface area (Å²) >= 11 is 0. The van der Waals surface area contributed by atoms with Gasteiger partial charge in [-0.2, -0.15) is 0 Å². The van der Waals surface area contributed by atoms with E-state index in [0.717, 1.165) is 25.7 Å². The van der Waals surface area contributed by atoms with Crippen LogP contribution in [0.25, 0.3) is 0 Å². The van der Waals surface area contributed by atoms with Crippen molar-refractivity contribution in [2.75, 3.05) is 13.7 Å². The highest BCUT2D eigenvalue weighted by molar-refractivity contribution is 6.01. The highest BCUT2D eigenvalue weighted by Crippen LogP contribution is 2.47. The molecule has 0 radical (unpaired) electrons. The van der Waals surface area contributed by atoms with Crippen LogP contribution in [-0.4, -0.2) is 36.2 Å². The van der Waals surface area contributed by atoms with Gasteiger partial charge in [-0.25, -0.2) is 4.79 Å². The molecule has 0 aromatic carbocycles. The third kappa shape index (κ3) is 4.52. The summed E-state index contributed by atoms with van der Waals surface area (Å²) in [5.41, 5.74) is -0.0329. The zero-order valence-corrected chi connectivity index (χ0v) is 17.1. The molecule has 1 aliphatic carbocycles. The molecule has 3 atom stereocenters. The molecule has 0 fully saturated rings. The van der Waals surface area contributed by atoms with Crippen molar-refractivity contribution in [3.05, 3.63) is 34.6 Å². The topological polar surface area (TPSA) is 72.8 Å². The third-order valence-electron chi connectivity index (χ3n) is 5.65. The zero-order valence-electron chi connectivity index (χ0n) is 17.1. The first-order chi connectivity index (χ1) is 12.7. The van der Waals surface area contributed by atoms with Crippen molar-refractivity contribution in [2.24, 2.45) is 11.8 Å². The van der Waals surface area contributed by atoms with E-state index >= 15 is 0 Å². The number of ether oxygens (including phenoxy) is 2. The summed E-state index contributed by atoms with van der Waals surface area (Å²) in [5, 5.41) is 11.1. The van der Waals surface area contributed by atoms with E-state index in [2.05, 4.69) is 6.92 Å². The van der Waals surface area contributed by atoms with E-state index in [9.17, 15) is 14.7 Å². The number of methoxy groups -OCH3 is 1. The maximum Gasteiger partial charge on any atom is 0.338 e. The zero-order chi connectivity index (χ0) is 20.2. The Morgan fingerprint density at radius 2 is 2.11 bits per heavy atom. The van der Waals surface area contributed by atoms with Gasteiger partial charge in [-0.1, -0.05) is 39.5 Å². The van der Waals surface area contributed by atoms with Crippen molar-refractivity contribution in [1.82, 2.24) is 0 Å². The minimum atomic E-state index is -1.35. The van der Waals surface area contributed by atoms with Crippen LogP contribution in [0, 0.1) is 11.8 Å². The first-order valence-corrected chi connectivity index (χ1v) is 9.86. The van der Waals surface area contributed by atoms with Crippen molar-refractivity contribution < 1.29 is 24.2 Å². The standard InChI is InChI=1S/C22H32O5/c1-6-7-8-9-10-14(2)19(23)12-17-20(21(24)26-5)16-11-15(3)27-13-18(16)22(17,4)25/h11-12,14,18,25H,6-10,13H2,1-5H3/b17-12+/t14-,18+,22+/m0/s1. The monoisotopic (exact) mass is 376 g/mol. The van der Waals surface area contributed by atoms with Crippen LogP contribution in [0.4, 0.5) is 0 Å². The number of unbranched alkanes of at least 4 members (excludes halogenated alkanes) is 3. The van der Waals surface area contributed by atoms with Crippen LogP contribution in [0.2, 0.25) is 0 Å². The summed E-state index contributed by atoms with van der Waals surface area (Å²) in [6.45, 7) is 7.76. The van der Waals surface area contributed by atoms with Gasteiger partial charge < -0.3 is 14.6 Å². The summed E-state index contributed by atoms with van der Waals surface area (Å²) < 4.78 is 10.5. The first kappa shape index (κ1) is 21.4. The molecule has 0 saturated carbocycles. The lowest BCUT2D eigenvalue weighted by atomic mass is 9.84. The van der Waals surface area contributed by atoms with Gasteiger partial charge in [0, 0.05) is 11.5 Å². The molecule has 0 aromatic rings. The molecule has 2 aliphatic rings. The SMILES string of the molecule is CCCCCC[C@H](C)C(=O)/C=C1\C(C(=O)OC)=C2C=C(C)OC[C@H]2[C@]1(C)O. The molecule has 1 heterocycles. The number of carbonyl (C=O) groups is 2. The van der Waals surface area contributed by atoms with Gasteiger partial charge >= 0.3 is 5.97 Å². The average molecular weight is 376 g/mol. The van der Waals surface area contributed by atoms with E-state index in [4.69, 9.17) is 9.47 Å². The number of hydrogen-bond donors (Lipinski definition) is 1. The van der Waals surface area contributed by atoms with Crippen molar-refractivity contribution in [3.8, 4) is 0 Å². The molecule has 1 N–H and O–H groups in total. The smallest absolute Gasteiger partial charge is 0.338 e. The Morgan fingerprint density at radius 1 is 1.41 bits per heavy atom. The van der Waals surface area contributed by atoms with E-state index in [0.29, 0.717) is 22.5 Å². The Kier molecular flexibility index (Phi) is 7.04. The Morgan fingerprint density at radius 3 is 2.74 bits per heavy atom. The lowest BCUT2D eigenvalue weighted by Gasteiger charge is -2.31. The molecule has 5 nitrogen and oxygen atoms in total. The molecule has 0 bridgehead atoms. The van der Waals surface area contributed by atoms with Crippen LogP contribution in [0.1, 0.15) is 59.8 Å². The van der Waals surface area contributed by atoms with Gasteiger partial charge in [0.05, 0.1) is 36.6 Å². The number of ketones is 1. The van der Waals surface area contributed by atoms with Gasteiger partial charge in [-0.15, -0.1) is 0 Å². The number of hydrogen-bond acceptors (Lipinski definition) is 5. The van der Waals surface area contributed by atoms with E-state index in [1.807, 2.05) is 6.92 Å². The Balaban J connectivity index is 2.33. The van der Waals surface area contributed by atoms with E-state index in [-0.39, 0.29) is 18.3 Å². The predicted octanol–water partition coefficient (Wildman–Crippen LogP) is 3.87. The number of aliphatic hydroxyl groups is 1. The van der Waals surface area contributed by atoms with E-state index < -0.39 is 17.5 Å². The third-order valence-corrected chi connectivity index (χ3v) is 5.65. The fraction of sp³-hybridized carbons (Fsp3) is 0.636. The molecule has 2 rings (SSSR count). The normalized spacial score (nSPS) is 27.1. The summed E-state index contributed by atoms with van der Waals surface area (Å²) in [5.74, 6) is -0.466. The highest BCUT2D eigenvalue weighted by Gasteiger charge is 2.50. The fourth-order valence-electron chi connectivity index (χ4n) is 3.83. The Hall–Kier alpha value is -1.88. The molecule has 0 unspecified atom stereocenters. The summed E-state index contributed by atoms with van der Waals surface area (Å²) in [4.78, 5) is 25.2. The molecular formula is C22H32O5. The summed E-state index contributed by atoms with van der Waals surface area (Å²) in [7, 11) is 1.31. The number of allylic oxidation sites excluding steroid dienone is 3. The molecule has 150 valence electrons. The van der Waals surface area contributed by atoms with Gasteiger partial charge in [0.1, 0.15) is 0 Å². The molecule has 27 heavy (non-hydrogen) atoms. The van der Waals surface area contributed by atoms with Gasteiger partial charge in [0.25, 0.3) is 0 Å². The molecule has 5 heteroatoms. The molecule has 0 aromatic heterocycles. The van der Waals surface area contributed by atoms with Gasteiger partial charge in [-0.05, 0) is 38.0 Å². The quantitative estimate of drug-likeness (QED) is 0.395.